The number of halogens is 1. The first-order valence-electron chi connectivity index (χ1n) is 5.52. The molecule has 0 radical (unpaired) electrons. The van der Waals surface area contributed by atoms with E-state index in [9.17, 15) is 0 Å². The van der Waals surface area contributed by atoms with Crippen LogP contribution in [0.15, 0.2) is 18.2 Å². The van der Waals surface area contributed by atoms with E-state index < -0.39 is 0 Å². The van der Waals surface area contributed by atoms with Crippen LogP contribution in [0.5, 0.6) is 0 Å². The molecule has 0 aliphatic carbocycles. The summed E-state index contributed by atoms with van der Waals surface area (Å²) in [6, 6.07) is 5.51. The van der Waals surface area contributed by atoms with Crippen LogP contribution in [0.25, 0.3) is 0 Å². The quantitative estimate of drug-likeness (QED) is 0.576. The molecule has 0 aliphatic rings. The van der Waals surface area contributed by atoms with Crippen molar-refractivity contribution in [3.05, 3.63) is 23.2 Å². The maximum Gasteiger partial charge on any atom is 0.0588 e. The smallest absolute Gasteiger partial charge is 0.0588 e. The van der Waals surface area contributed by atoms with Crippen molar-refractivity contribution in [2.75, 3.05) is 29.6 Å². The molecule has 0 fully saturated rings. The second-order valence-corrected chi connectivity index (χ2v) is 5.13. The molecule has 1 rings (SSSR count). The Hall–Kier alpha value is -0.540. The Labute approximate surface area is 107 Å². The molecule has 0 heterocycles. The van der Waals surface area contributed by atoms with Gasteiger partial charge in [0.25, 0.3) is 0 Å². The first kappa shape index (κ1) is 13.5. The normalized spacial score (nSPS) is 10.4. The van der Waals surface area contributed by atoms with Crippen molar-refractivity contribution in [2.24, 2.45) is 0 Å². The molecule has 0 spiro atoms. The van der Waals surface area contributed by atoms with Gasteiger partial charge in [-0.15, -0.1) is 0 Å². The van der Waals surface area contributed by atoms with E-state index in [0.29, 0.717) is 0 Å². The minimum atomic E-state index is 0.721. The van der Waals surface area contributed by atoms with Crippen LogP contribution in [0.3, 0.4) is 0 Å². The molecule has 0 amide bonds. The molecule has 0 unspecified atom stereocenters. The van der Waals surface area contributed by atoms with Gasteiger partial charge in [0.2, 0.25) is 0 Å². The zero-order chi connectivity index (χ0) is 11.8. The third kappa shape index (κ3) is 4.99. The first-order chi connectivity index (χ1) is 7.74. The zero-order valence-electron chi connectivity index (χ0n) is 9.63. The van der Waals surface area contributed by atoms with Gasteiger partial charge in [-0.1, -0.05) is 18.0 Å². The third-order valence-electron chi connectivity index (χ3n) is 2.36. The van der Waals surface area contributed by atoms with E-state index in [1.807, 2.05) is 23.9 Å². The predicted molar refractivity (Wildman–Crippen MR) is 76.6 cm³/mol. The fourth-order valence-corrected chi connectivity index (χ4v) is 2.12. The predicted octanol–water partition coefficient (Wildman–Crippen LogP) is 3.87. The standard InChI is InChI=1S/C12H19ClN2S/c1-16-8-4-2-3-7-15-12-9-10(13)5-6-11(12)14/h5-6,9,15H,2-4,7-8,14H2,1H3. The number of nitrogen functional groups attached to an aromatic ring is 1. The van der Waals surface area contributed by atoms with Gasteiger partial charge < -0.3 is 11.1 Å². The number of benzene rings is 1. The van der Waals surface area contributed by atoms with Crippen LogP contribution in [0, 0.1) is 0 Å². The number of nitrogens with two attached hydrogens (primary N) is 1. The summed E-state index contributed by atoms with van der Waals surface area (Å²) in [5.74, 6) is 1.25. The Bertz CT molecular complexity index is 318. The summed E-state index contributed by atoms with van der Waals surface area (Å²) in [4.78, 5) is 0. The molecule has 4 heteroatoms. The van der Waals surface area contributed by atoms with E-state index in [0.717, 1.165) is 22.9 Å². The molecule has 1 aromatic carbocycles. The number of hydrogen-bond acceptors (Lipinski definition) is 3. The van der Waals surface area contributed by atoms with E-state index in [4.69, 9.17) is 17.3 Å². The summed E-state index contributed by atoms with van der Waals surface area (Å²) in [6.45, 7) is 0.957. The molecule has 3 N–H and O–H groups in total. The number of hydrogen-bond donors (Lipinski definition) is 2. The number of anilines is 2. The summed E-state index contributed by atoms with van der Waals surface area (Å²) in [6.07, 6.45) is 5.86. The average molecular weight is 259 g/mol. The topological polar surface area (TPSA) is 38.0 Å². The SMILES string of the molecule is CSCCCCCNc1cc(Cl)ccc1N. The van der Waals surface area contributed by atoms with E-state index in [1.165, 1.54) is 25.0 Å². The van der Waals surface area contributed by atoms with Gasteiger partial charge in [0.15, 0.2) is 0 Å². The highest BCUT2D eigenvalue weighted by atomic mass is 35.5. The molecule has 0 saturated heterocycles. The van der Waals surface area contributed by atoms with Gasteiger partial charge >= 0.3 is 0 Å². The van der Waals surface area contributed by atoms with Crippen LogP contribution in [0.2, 0.25) is 5.02 Å². The van der Waals surface area contributed by atoms with Gasteiger partial charge in [0.1, 0.15) is 0 Å². The van der Waals surface area contributed by atoms with Crippen LogP contribution in [-0.4, -0.2) is 18.6 Å². The molecule has 0 bridgehead atoms. The Morgan fingerprint density at radius 3 is 2.88 bits per heavy atom. The van der Waals surface area contributed by atoms with Crippen LogP contribution < -0.4 is 11.1 Å². The molecule has 2 nitrogen and oxygen atoms in total. The van der Waals surface area contributed by atoms with Crippen LogP contribution in [0.4, 0.5) is 11.4 Å². The lowest BCUT2D eigenvalue weighted by Gasteiger charge is -2.09. The van der Waals surface area contributed by atoms with Crippen molar-refractivity contribution >= 4 is 34.7 Å². The van der Waals surface area contributed by atoms with Gasteiger partial charge in [0, 0.05) is 11.6 Å². The van der Waals surface area contributed by atoms with Crippen molar-refractivity contribution in [1.82, 2.24) is 0 Å². The summed E-state index contributed by atoms with van der Waals surface area (Å²) < 4.78 is 0. The molecular formula is C12H19ClN2S. The second-order valence-electron chi connectivity index (χ2n) is 3.71. The maximum absolute atomic E-state index is 5.90. The number of thioether (sulfide) groups is 1. The van der Waals surface area contributed by atoms with E-state index >= 15 is 0 Å². The Morgan fingerprint density at radius 1 is 1.31 bits per heavy atom. The minimum Gasteiger partial charge on any atom is -0.397 e. The summed E-state index contributed by atoms with van der Waals surface area (Å²) in [5, 5.41) is 4.04. The van der Waals surface area contributed by atoms with Crippen molar-refractivity contribution in [2.45, 2.75) is 19.3 Å². The molecular weight excluding hydrogens is 240 g/mol. The van der Waals surface area contributed by atoms with Crippen molar-refractivity contribution in [3.63, 3.8) is 0 Å². The monoisotopic (exact) mass is 258 g/mol. The Morgan fingerprint density at radius 2 is 2.12 bits per heavy atom. The fraction of sp³-hybridized carbons (Fsp3) is 0.500. The molecule has 0 saturated carbocycles. The maximum atomic E-state index is 5.90. The van der Waals surface area contributed by atoms with Crippen LogP contribution >= 0.6 is 23.4 Å². The highest BCUT2D eigenvalue weighted by Crippen LogP contribution is 2.22. The zero-order valence-corrected chi connectivity index (χ0v) is 11.2. The molecule has 16 heavy (non-hydrogen) atoms. The Balaban J connectivity index is 2.23. The lowest BCUT2D eigenvalue weighted by atomic mass is 10.2. The Kier molecular flexibility index (Phi) is 6.50. The number of unbranched alkanes of at least 4 members (excludes halogenated alkanes) is 2. The van der Waals surface area contributed by atoms with Crippen molar-refractivity contribution in [1.29, 1.82) is 0 Å². The second kappa shape index (κ2) is 7.69. The number of rotatable bonds is 7. The highest BCUT2D eigenvalue weighted by Gasteiger charge is 1.98. The molecule has 0 aliphatic heterocycles. The van der Waals surface area contributed by atoms with Crippen molar-refractivity contribution in [3.8, 4) is 0 Å². The fourth-order valence-electron chi connectivity index (χ4n) is 1.45. The van der Waals surface area contributed by atoms with E-state index in [-0.39, 0.29) is 0 Å². The molecule has 0 atom stereocenters. The van der Waals surface area contributed by atoms with Crippen molar-refractivity contribution < 1.29 is 0 Å². The van der Waals surface area contributed by atoms with Gasteiger partial charge in [0.05, 0.1) is 11.4 Å². The molecule has 90 valence electrons. The largest absolute Gasteiger partial charge is 0.397 e. The third-order valence-corrected chi connectivity index (χ3v) is 3.29. The summed E-state index contributed by atoms with van der Waals surface area (Å²) in [5.41, 5.74) is 7.53. The van der Waals surface area contributed by atoms with Crippen LogP contribution in [0.1, 0.15) is 19.3 Å². The summed E-state index contributed by atoms with van der Waals surface area (Å²) in [7, 11) is 0. The molecule has 0 aromatic heterocycles. The van der Waals surface area contributed by atoms with Gasteiger partial charge in [-0.2, -0.15) is 11.8 Å². The van der Waals surface area contributed by atoms with E-state index in [2.05, 4.69) is 11.6 Å². The summed E-state index contributed by atoms with van der Waals surface area (Å²) >= 11 is 7.80. The number of nitrogens with one attached hydrogen (secondary N) is 1. The lowest BCUT2D eigenvalue weighted by Crippen LogP contribution is -2.04. The minimum absolute atomic E-state index is 0.721. The highest BCUT2D eigenvalue weighted by molar-refractivity contribution is 7.98. The lowest BCUT2D eigenvalue weighted by molar-refractivity contribution is 0.750. The van der Waals surface area contributed by atoms with Crippen LogP contribution in [-0.2, 0) is 0 Å². The van der Waals surface area contributed by atoms with Gasteiger partial charge in [-0.3, -0.25) is 0 Å². The molecule has 1 aromatic rings. The van der Waals surface area contributed by atoms with Gasteiger partial charge in [-0.25, -0.2) is 0 Å². The average Bonchev–Trinajstić information content (AvgIpc) is 2.28. The first-order valence-corrected chi connectivity index (χ1v) is 7.29. The van der Waals surface area contributed by atoms with E-state index in [1.54, 1.807) is 6.07 Å². The van der Waals surface area contributed by atoms with Gasteiger partial charge in [-0.05, 0) is 43.0 Å².